The molecule has 0 fully saturated rings. The lowest BCUT2D eigenvalue weighted by Crippen LogP contribution is -2.47. The minimum absolute atomic E-state index is 0.392. The monoisotopic (exact) mass is 424 g/mol. The first-order valence-electron chi connectivity index (χ1n) is 9.38. The van der Waals surface area contributed by atoms with Gasteiger partial charge in [0.05, 0.1) is 23.1 Å². The second kappa shape index (κ2) is 7.75. The number of ether oxygens (including phenoxy) is 1. The number of amides is 1. The molecule has 30 heavy (non-hydrogen) atoms. The number of nitrogens with zero attached hydrogens (tertiary/aromatic N) is 3. The van der Waals surface area contributed by atoms with Crippen molar-refractivity contribution in [3.63, 3.8) is 0 Å². The SMILES string of the molecule is CCOc1ccc2nc(NC(=O)C(C)(C)n3nc(-c4ccco4)ccc3=O)sc2c1. The average Bonchev–Trinajstić information content (AvgIpc) is 3.37. The van der Waals surface area contributed by atoms with Crippen molar-refractivity contribution >= 4 is 32.6 Å². The minimum Gasteiger partial charge on any atom is -0.494 e. The molecule has 0 atom stereocenters. The van der Waals surface area contributed by atoms with Crippen molar-refractivity contribution < 1.29 is 13.9 Å². The molecule has 0 unspecified atom stereocenters. The molecule has 3 heterocycles. The number of carbonyl (C=O) groups excluding carboxylic acids is 1. The number of rotatable bonds is 6. The molecule has 9 heteroatoms. The summed E-state index contributed by atoms with van der Waals surface area (Å²) in [5, 5.41) is 7.58. The van der Waals surface area contributed by atoms with Gasteiger partial charge in [0.2, 0.25) is 0 Å². The van der Waals surface area contributed by atoms with E-state index in [1.807, 2.05) is 25.1 Å². The molecular formula is C21H20N4O4S. The molecule has 1 N–H and O–H groups in total. The number of carbonyl (C=O) groups is 1. The molecule has 3 aromatic heterocycles. The summed E-state index contributed by atoms with van der Waals surface area (Å²) >= 11 is 1.34. The Kier molecular flexibility index (Phi) is 5.13. The lowest BCUT2D eigenvalue weighted by Gasteiger charge is -2.24. The predicted molar refractivity (Wildman–Crippen MR) is 115 cm³/mol. The van der Waals surface area contributed by atoms with Gasteiger partial charge in [-0.05, 0) is 57.2 Å². The molecule has 0 aliphatic rings. The van der Waals surface area contributed by atoms with Crippen molar-refractivity contribution in [1.82, 2.24) is 14.8 Å². The molecule has 0 radical (unpaired) electrons. The van der Waals surface area contributed by atoms with Crippen molar-refractivity contribution in [2.75, 3.05) is 11.9 Å². The highest BCUT2D eigenvalue weighted by Gasteiger charge is 2.33. The van der Waals surface area contributed by atoms with E-state index in [9.17, 15) is 9.59 Å². The lowest BCUT2D eigenvalue weighted by atomic mass is 10.1. The Balaban J connectivity index is 1.62. The van der Waals surface area contributed by atoms with E-state index >= 15 is 0 Å². The molecule has 0 bridgehead atoms. The van der Waals surface area contributed by atoms with E-state index in [-0.39, 0.29) is 0 Å². The summed E-state index contributed by atoms with van der Waals surface area (Å²) < 4.78 is 12.9. The Morgan fingerprint density at radius 1 is 1.27 bits per heavy atom. The van der Waals surface area contributed by atoms with E-state index in [1.165, 1.54) is 23.7 Å². The van der Waals surface area contributed by atoms with Gasteiger partial charge in [0.25, 0.3) is 11.5 Å². The van der Waals surface area contributed by atoms with Crippen molar-refractivity contribution in [2.24, 2.45) is 0 Å². The number of anilines is 1. The first-order chi connectivity index (χ1) is 14.4. The summed E-state index contributed by atoms with van der Waals surface area (Å²) in [6.45, 7) is 5.74. The summed E-state index contributed by atoms with van der Waals surface area (Å²) in [6.07, 6.45) is 1.52. The Hall–Kier alpha value is -3.46. The van der Waals surface area contributed by atoms with Crippen LogP contribution in [0.2, 0.25) is 0 Å². The number of furan rings is 1. The van der Waals surface area contributed by atoms with Crippen LogP contribution in [0.3, 0.4) is 0 Å². The van der Waals surface area contributed by atoms with Gasteiger partial charge in [-0.3, -0.25) is 14.9 Å². The predicted octanol–water partition coefficient (Wildman–Crippen LogP) is 3.89. The zero-order chi connectivity index (χ0) is 21.3. The summed E-state index contributed by atoms with van der Waals surface area (Å²) in [7, 11) is 0. The van der Waals surface area contributed by atoms with Crippen molar-refractivity contribution in [2.45, 2.75) is 26.3 Å². The van der Waals surface area contributed by atoms with E-state index in [0.717, 1.165) is 20.6 Å². The van der Waals surface area contributed by atoms with Crippen LogP contribution in [0, 0.1) is 0 Å². The fourth-order valence-electron chi connectivity index (χ4n) is 2.93. The van der Waals surface area contributed by atoms with Gasteiger partial charge in [-0.25, -0.2) is 9.67 Å². The third-order valence-corrected chi connectivity index (χ3v) is 5.48. The standard InChI is InChI=1S/C21H20N4O4S/c1-4-28-13-7-8-15-17(12-13)30-20(22-15)23-19(27)21(2,3)25-18(26)10-9-14(24-25)16-6-5-11-29-16/h5-12H,4H2,1-3H3,(H,22,23,27). The first kappa shape index (κ1) is 19.8. The summed E-state index contributed by atoms with van der Waals surface area (Å²) in [4.78, 5) is 29.9. The zero-order valence-electron chi connectivity index (χ0n) is 16.7. The summed E-state index contributed by atoms with van der Waals surface area (Å²) in [5.41, 5.74) is -0.430. The van der Waals surface area contributed by atoms with E-state index in [1.54, 1.807) is 32.0 Å². The lowest BCUT2D eigenvalue weighted by molar-refractivity contribution is -0.123. The number of hydrogen-bond donors (Lipinski definition) is 1. The Bertz CT molecular complexity index is 1260. The number of thiazole rings is 1. The fourth-order valence-corrected chi connectivity index (χ4v) is 3.82. The van der Waals surface area contributed by atoms with Gasteiger partial charge in [-0.1, -0.05) is 11.3 Å². The molecule has 0 spiro atoms. The van der Waals surface area contributed by atoms with Crippen LogP contribution >= 0.6 is 11.3 Å². The van der Waals surface area contributed by atoms with Crippen molar-refractivity contribution in [3.05, 3.63) is 59.1 Å². The van der Waals surface area contributed by atoms with Crippen molar-refractivity contribution in [3.8, 4) is 17.2 Å². The van der Waals surface area contributed by atoms with E-state index in [2.05, 4.69) is 15.4 Å². The Morgan fingerprint density at radius 2 is 2.10 bits per heavy atom. The molecule has 0 aliphatic heterocycles. The molecule has 4 aromatic rings. The van der Waals surface area contributed by atoms with Crippen LogP contribution in [0.4, 0.5) is 5.13 Å². The molecule has 0 saturated carbocycles. The third kappa shape index (κ3) is 3.71. The second-order valence-corrected chi connectivity index (χ2v) is 8.07. The van der Waals surface area contributed by atoms with Crippen LogP contribution in [0.15, 0.2) is 57.9 Å². The van der Waals surface area contributed by atoms with Crippen LogP contribution in [0.25, 0.3) is 21.7 Å². The topological polar surface area (TPSA) is 99.2 Å². The highest BCUT2D eigenvalue weighted by atomic mass is 32.1. The molecule has 4 rings (SSSR count). The molecule has 0 saturated heterocycles. The number of benzene rings is 1. The minimum atomic E-state index is -1.26. The number of fused-ring (bicyclic) bond motifs is 1. The third-order valence-electron chi connectivity index (χ3n) is 4.55. The van der Waals surface area contributed by atoms with Gasteiger partial charge < -0.3 is 9.15 Å². The highest BCUT2D eigenvalue weighted by Crippen LogP contribution is 2.30. The fraction of sp³-hybridized carbons (Fsp3) is 0.238. The van der Waals surface area contributed by atoms with Gasteiger partial charge in [-0.15, -0.1) is 0 Å². The van der Waals surface area contributed by atoms with Gasteiger partial charge in [-0.2, -0.15) is 5.10 Å². The molecule has 1 amide bonds. The smallest absolute Gasteiger partial charge is 0.267 e. The van der Waals surface area contributed by atoms with Crippen molar-refractivity contribution in [1.29, 1.82) is 0 Å². The van der Waals surface area contributed by atoms with E-state index < -0.39 is 17.0 Å². The molecule has 154 valence electrons. The quantitative estimate of drug-likeness (QED) is 0.504. The summed E-state index contributed by atoms with van der Waals surface area (Å²) in [6, 6.07) is 12.0. The maximum absolute atomic E-state index is 13.0. The molecule has 8 nitrogen and oxygen atoms in total. The number of hydrogen-bond acceptors (Lipinski definition) is 7. The van der Waals surface area contributed by atoms with Crippen LogP contribution in [-0.4, -0.2) is 27.3 Å². The molecule has 0 aliphatic carbocycles. The zero-order valence-corrected chi connectivity index (χ0v) is 17.5. The average molecular weight is 424 g/mol. The maximum atomic E-state index is 13.0. The van der Waals surface area contributed by atoms with Gasteiger partial charge >= 0.3 is 0 Å². The van der Waals surface area contributed by atoms with Crippen LogP contribution in [-0.2, 0) is 10.3 Å². The maximum Gasteiger partial charge on any atom is 0.267 e. The second-order valence-electron chi connectivity index (χ2n) is 7.04. The Labute approximate surface area is 176 Å². The van der Waals surface area contributed by atoms with Gasteiger partial charge in [0, 0.05) is 6.07 Å². The van der Waals surface area contributed by atoms with E-state index in [4.69, 9.17) is 9.15 Å². The van der Waals surface area contributed by atoms with Crippen LogP contribution < -0.4 is 15.6 Å². The Morgan fingerprint density at radius 3 is 2.83 bits per heavy atom. The molecule has 1 aromatic carbocycles. The van der Waals surface area contributed by atoms with Crippen LogP contribution in [0.5, 0.6) is 5.75 Å². The van der Waals surface area contributed by atoms with Gasteiger partial charge in [0.1, 0.15) is 17.0 Å². The number of nitrogens with one attached hydrogen (secondary N) is 1. The summed E-state index contributed by atoms with van der Waals surface area (Å²) in [5.74, 6) is 0.853. The van der Waals surface area contributed by atoms with Gasteiger partial charge in [0.15, 0.2) is 10.9 Å². The first-order valence-corrected chi connectivity index (χ1v) is 10.2. The largest absolute Gasteiger partial charge is 0.494 e. The van der Waals surface area contributed by atoms with Crippen LogP contribution in [0.1, 0.15) is 20.8 Å². The normalized spacial score (nSPS) is 11.6. The van der Waals surface area contributed by atoms with E-state index in [0.29, 0.717) is 23.2 Å². The highest BCUT2D eigenvalue weighted by molar-refractivity contribution is 7.22. The molecular weight excluding hydrogens is 404 g/mol. The number of aromatic nitrogens is 3.